The van der Waals surface area contributed by atoms with Crippen LogP contribution in [0, 0.1) is 13.8 Å². The van der Waals surface area contributed by atoms with E-state index in [2.05, 4.69) is 72.5 Å². The first-order valence-electron chi connectivity index (χ1n) is 11.0. The number of aryl methyl sites for hydroxylation is 2. The Balaban J connectivity index is 0.00000341. The van der Waals surface area contributed by atoms with E-state index in [1.165, 1.54) is 11.1 Å². The van der Waals surface area contributed by atoms with Gasteiger partial charge in [0.2, 0.25) is 0 Å². The second-order valence-electron chi connectivity index (χ2n) is 8.06. The Bertz CT molecular complexity index is 802. The predicted molar refractivity (Wildman–Crippen MR) is 140 cm³/mol. The number of aliphatic imine (C=N–C) groups is 1. The van der Waals surface area contributed by atoms with E-state index < -0.39 is 0 Å². The molecule has 170 valence electrons. The lowest BCUT2D eigenvalue weighted by Crippen LogP contribution is -2.49. The Hall–Kier alpha value is -2.03. The van der Waals surface area contributed by atoms with Crippen LogP contribution in [0.15, 0.2) is 47.6 Å². The van der Waals surface area contributed by atoms with Crippen LogP contribution in [-0.4, -0.2) is 49.3 Å². The van der Waals surface area contributed by atoms with Crippen molar-refractivity contribution in [3.05, 3.63) is 53.7 Å². The summed E-state index contributed by atoms with van der Waals surface area (Å²) >= 11 is 0. The fraction of sp³-hybridized carbons (Fsp3) is 0.500. The van der Waals surface area contributed by atoms with Gasteiger partial charge in [-0.1, -0.05) is 23.8 Å². The maximum Gasteiger partial charge on any atom is 0.191 e. The van der Waals surface area contributed by atoms with Gasteiger partial charge in [-0.3, -0.25) is 0 Å². The molecule has 0 saturated carbocycles. The molecule has 1 atom stereocenters. The van der Waals surface area contributed by atoms with E-state index in [0.717, 1.165) is 50.0 Å². The minimum atomic E-state index is 0. The van der Waals surface area contributed by atoms with Gasteiger partial charge in [-0.2, -0.15) is 0 Å². The van der Waals surface area contributed by atoms with E-state index in [1.807, 2.05) is 18.3 Å². The first-order chi connectivity index (χ1) is 14.5. The number of hydrogen-bond acceptors (Lipinski definition) is 4. The van der Waals surface area contributed by atoms with Crippen molar-refractivity contribution in [1.29, 1.82) is 0 Å². The van der Waals surface area contributed by atoms with E-state index in [-0.39, 0.29) is 30.1 Å². The maximum absolute atomic E-state index is 5.98. The first-order valence-corrected chi connectivity index (χ1v) is 11.0. The molecular weight excluding hydrogens is 501 g/mol. The predicted octanol–water partition coefficient (Wildman–Crippen LogP) is 4.31. The van der Waals surface area contributed by atoms with Gasteiger partial charge >= 0.3 is 0 Å². The molecule has 0 radical (unpaired) electrons. The van der Waals surface area contributed by atoms with Crippen molar-refractivity contribution in [2.24, 2.45) is 4.99 Å². The number of halogens is 1. The zero-order valence-electron chi connectivity index (χ0n) is 19.1. The molecule has 0 spiro atoms. The molecule has 2 aromatic rings. The van der Waals surface area contributed by atoms with Crippen LogP contribution in [0.25, 0.3) is 0 Å². The third kappa shape index (κ3) is 8.20. The smallest absolute Gasteiger partial charge is 0.191 e. The molecule has 2 N–H and O–H groups in total. The SMILES string of the molecule is CCNC(=NCC(C)Oc1ccc(C)cc1)NC1CCN(c2ccc(C)cn2)CC1.I. The zero-order valence-corrected chi connectivity index (χ0v) is 21.4. The van der Waals surface area contributed by atoms with Gasteiger partial charge in [-0.25, -0.2) is 9.98 Å². The summed E-state index contributed by atoms with van der Waals surface area (Å²) in [6.45, 7) is 11.7. The van der Waals surface area contributed by atoms with Gasteiger partial charge in [0.1, 0.15) is 17.7 Å². The summed E-state index contributed by atoms with van der Waals surface area (Å²) in [5, 5.41) is 6.96. The molecule has 0 amide bonds. The van der Waals surface area contributed by atoms with Gasteiger partial charge < -0.3 is 20.3 Å². The van der Waals surface area contributed by atoms with Crippen molar-refractivity contribution < 1.29 is 4.74 Å². The first kappa shape index (κ1) is 25.2. The van der Waals surface area contributed by atoms with E-state index in [9.17, 15) is 0 Å². The molecule has 1 aromatic heterocycles. The number of rotatable bonds is 7. The average molecular weight is 537 g/mol. The van der Waals surface area contributed by atoms with E-state index in [1.54, 1.807) is 0 Å². The minimum Gasteiger partial charge on any atom is -0.489 e. The highest BCUT2D eigenvalue weighted by molar-refractivity contribution is 14.0. The lowest BCUT2D eigenvalue weighted by molar-refractivity contribution is 0.230. The minimum absolute atomic E-state index is 0. The fourth-order valence-corrected chi connectivity index (χ4v) is 3.52. The van der Waals surface area contributed by atoms with Gasteiger partial charge in [0.25, 0.3) is 0 Å². The molecular formula is C24H36IN5O. The molecule has 31 heavy (non-hydrogen) atoms. The Kier molecular flexibility index (Phi) is 10.4. The number of piperidine rings is 1. The van der Waals surface area contributed by atoms with Gasteiger partial charge in [-0.05, 0) is 64.3 Å². The number of aromatic nitrogens is 1. The summed E-state index contributed by atoms with van der Waals surface area (Å²) in [6.07, 6.45) is 4.08. The van der Waals surface area contributed by atoms with Crippen LogP contribution in [-0.2, 0) is 0 Å². The molecule has 0 aliphatic carbocycles. The largest absolute Gasteiger partial charge is 0.489 e. The van der Waals surface area contributed by atoms with Crippen molar-refractivity contribution in [3.63, 3.8) is 0 Å². The Labute approximate surface area is 203 Å². The van der Waals surface area contributed by atoms with Crippen LogP contribution in [0.1, 0.15) is 37.8 Å². The van der Waals surface area contributed by atoms with Crippen LogP contribution < -0.4 is 20.3 Å². The number of pyridine rings is 1. The van der Waals surface area contributed by atoms with E-state index in [4.69, 9.17) is 9.73 Å². The summed E-state index contributed by atoms with van der Waals surface area (Å²) in [6, 6.07) is 12.8. The fourth-order valence-electron chi connectivity index (χ4n) is 3.52. The van der Waals surface area contributed by atoms with Crippen molar-refractivity contribution in [2.75, 3.05) is 31.1 Å². The molecule has 7 heteroatoms. The number of nitrogens with one attached hydrogen (secondary N) is 2. The van der Waals surface area contributed by atoms with Gasteiger partial charge in [0, 0.05) is 31.9 Å². The normalized spacial score (nSPS) is 15.7. The van der Waals surface area contributed by atoms with Crippen LogP contribution in [0.4, 0.5) is 5.82 Å². The standard InChI is InChI=1S/C24H35N5O.HI/c1-5-25-24(27-17-20(4)30-22-9-6-18(2)7-10-22)28-21-12-14-29(15-13-21)23-11-8-19(3)16-26-23;/h6-11,16,20-21H,5,12-15,17H2,1-4H3,(H2,25,27,28);1H. The van der Waals surface area contributed by atoms with Gasteiger partial charge in [0.05, 0.1) is 6.54 Å². The molecule has 1 saturated heterocycles. The third-order valence-corrected chi connectivity index (χ3v) is 5.26. The highest BCUT2D eigenvalue weighted by Crippen LogP contribution is 2.18. The molecule has 1 aliphatic rings. The second-order valence-corrected chi connectivity index (χ2v) is 8.06. The molecule has 2 heterocycles. The molecule has 1 aromatic carbocycles. The molecule has 1 fully saturated rings. The number of hydrogen-bond donors (Lipinski definition) is 2. The van der Waals surface area contributed by atoms with Crippen molar-refractivity contribution in [3.8, 4) is 5.75 Å². The number of nitrogens with zero attached hydrogens (tertiary/aromatic N) is 3. The second kappa shape index (κ2) is 12.7. The monoisotopic (exact) mass is 537 g/mol. The summed E-state index contributed by atoms with van der Waals surface area (Å²) in [4.78, 5) is 11.7. The quantitative estimate of drug-likeness (QED) is 0.313. The number of anilines is 1. The lowest BCUT2D eigenvalue weighted by atomic mass is 10.1. The molecule has 6 nitrogen and oxygen atoms in total. The lowest BCUT2D eigenvalue weighted by Gasteiger charge is -2.34. The molecule has 1 unspecified atom stereocenters. The summed E-state index contributed by atoms with van der Waals surface area (Å²) in [5.41, 5.74) is 2.43. The number of benzene rings is 1. The highest BCUT2D eigenvalue weighted by Gasteiger charge is 2.21. The van der Waals surface area contributed by atoms with E-state index >= 15 is 0 Å². The summed E-state index contributed by atoms with van der Waals surface area (Å²) in [5.74, 6) is 2.82. The van der Waals surface area contributed by atoms with Crippen LogP contribution in [0.2, 0.25) is 0 Å². The van der Waals surface area contributed by atoms with Gasteiger partial charge in [0.15, 0.2) is 5.96 Å². The summed E-state index contributed by atoms with van der Waals surface area (Å²) < 4.78 is 5.98. The van der Waals surface area contributed by atoms with Crippen LogP contribution in [0.5, 0.6) is 5.75 Å². The summed E-state index contributed by atoms with van der Waals surface area (Å²) in [7, 11) is 0. The van der Waals surface area contributed by atoms with E-state index in [0.29, 0.717) is 12.6 Å². The Morgan fingerprint density at radius 1 is 1.13 bits per heavy atom. The molecule has 3 rings (SSSR count). The molecule has 1 aliphatic heterocycles. The van der Waals surface area contributed by atoms with Crippen molar-refractivity contribution in [1.82, 2.24) is 15.6 Å². The van der Waals surface area contributed by atoms with Crippen molar-refractivity contribution >= 4 is 35.8 Å². The molecule has 0 bridgehead atoms. The Morgan fingerprint density at radius 3 is 2.42 bits per heavy atom. The topological polar surface area (TPSA) is 61.8 Å². The average Bonchev–Trinajstić information content (AvgIpc) is 2.75. The van der Waals surface area contributed by atoms with Gasteiger partial charge in [-0.15, -0.1) is 24.0 Å². The van der Waals surface area contributed by atoms with Crippen molar-refractivity contribution in [2.45, 2.75) is 52.7 Å². The van der Waals surface area contributed by atoms with Crippen LogP contribution >= 0.6 is 24.0 Å². The maximum atomic E-state index is 5.98. The number of guanidine groups is 1. The van der Waals surface area contributed by atoms with Crippen LogP contribution in [0.3, 0.4) is 0 Å². The Morgan fingerprint density at radius 2 is 1.81 bits per heavy atom. The number of ether oxygens (including phenoxy) is 1. The highest BCUT2D eigenvalue weighted by atomic mass is 127. The zero-order chi connectivity index (χ0) is 21.3. The third-order valence-electron chi connectivity index (χ3n) is 5.26.